The van der Waals surface area contributed by atoms with Crippen molar-refractivity contribution in [2.24, 2.45) is 17.6 Å². The largest absolute Gasteiger partial charge is 0.368 e. The fourth-order valence-corrected chi connectivity index (χ4v) is 3.41. The van der Waals surface area contributed by atoms with Crippen LogP contribution in [0.1, 0.15) is 22.3 Å². The monoisotopic (exact) mass is 322 g/mol. The normalized spacial score (nSPS) is 28.1. The van der Waals surface area contributed by atoms with Gasteiger partial charge in [0.05, 0.1) is 5.56 Å². The van der Waals surface area contributed by atoms with Crippen molar-refractivity contribution in [2.45, 2.75) is 19.4 Å². The van der Waals surface area contributed by atoms with E-state index in [0.29, 0.717) is 18.0 Å². The fourth-order valence-electron chi connectivity index (χ4n) is 3.00. The van der Waals surface area contributed by atoms with Gasteiger partial charge in [-0.15, -0.1) is 0 Å². The zero-order chi connectivity index (χ0) is 13.7. The van der Waals surface area contributed by atoms with Crippen LogP contribution in [0, 0.1) is 18.8 Å². The van der Waals surface area contributed by atoms with E-state index in [-0.39, 0.29) is 17.7 Å². The predicted octanol–water partition coefficient (Wildman–Crippen LogP) is 1.70. The molecule has 100 valence electrons. The molecule has 1 saturated carbocycles. The molecule has 2 fully saturated rings. The second kappa shape index (κ2) is 4.34. The average Bonchev–Trinajstić information content (AvgIpc) is 3.01. The van der Waals surface area contributed by atoms with Gasteiger partial charge in [-0.05, 0) is 53.2 Å². The van der Waals surface area contributed by atoms with Crippen molar-refractivity contribution >= 4 is 27.7 Å². The Balaban J connectivity index is 1.92. The minimum Gasteiger partial charge on any atom is -0.368 e. The van der Waals surface area contributed by atoms with E-state index < -0.39 is 6.04 Å². The van der Waals surface area contributed by atoms with E-state index in [2.05, 4.69) is 15.9 Å². The first-order chi connectivity index (χ1) is 8.99. The number of amides is 2. The molecule has 3 atom stereocenters. The van der Waals surface area contributed by atoms with Crippen molar-refractivity contribution in [2.75, 3.05) is 6.54 Å². The summed E-state index contributed by atoms with van der Waals surface area (Å²) in [5.41, 5.74) is 7.07. The Morgan fingerprint density at radius 1 is 1.42 bits per heavy atom. The molecule has 1 aromatic rings. The molecule has 0 bridgehead atoms. The van der Waals surface area contributed by atoms with Crippen LogP contribution in [-0.4, -0.2) is 29.3 Å². The van der Waals surface area contributed by atoms with Gasteiger partial charge in [-0.2, -0.15) is 0 Å². The molecular formula is C14H15BrN2O2. The number of nitrogens with two attached hydrogens (primary N) is 1. The van der Waals surface area contributed by atoms with Crippen molar-refractivity contribution in [1.82, 2.24) is 4.90 Å². The lowest BCUT2D eigenvalue weighted by Crippen LogP contribution is -2.46. The van der Waals surface area contributed by atoms with Gasteiger partial charge in [-0.3, -0.25) is 9.59 Å². The lowest BCUT2D eigenvalue weighted by atomic mass is 10.1. The number of hydrogen-bond donors (Lipinski definition) is 1. The van der Waals surface area contributed by atoms with Crippen LogP contribution >= 0.6 is 15.9 Å². The maximum atomic E-state index is 12.6. The number of primary amides is 1. The van der Waals surface area contributed by atoms with E-state index in [4.69, 9.17) is 5.73 Å². The quantitative estimate of drug-likeness (QED) is 0.900. The van der Waals surface area contributed by atoms with E-state index in [9.17, 15) is 9.59 Å². The van der Waals surface area contributed by atoms with E-state index >= 15 is 0 Å². The average molecular weight is 323 g/mol. The molecule has 1 aromatic carbocycles. The van der Waals surface area contributed by atoms with Gasteiger partial charge in [0.2, 0.25) is 5.91 Å². The maximum Gasteiger partial charge on any atom is 0.255 e. The van der Waals surface area contributed by atoms with Crippen LogP contribution in [0.2, 0.25) is 0 Å². The zero-order valence-electron chi connectivity index (χ0n) is 10.6. The number of nitrogens with zero attached hydrogens (tertiary/aromatic N) is 1. The number of rotatable bonds is 2. The number of likely N-dealkylation sites (tertiary alicyclic amines) is 1. The summed E-state index contributed by atoms with van der Waals surface area (Å²) in [4.78, 5) is 25.8. The summed E-state index contributed by atoms with van der Waals surface area (Å²) < 4.78 is 0.756. The molecule has 2 aliphatic rings. The van der Waals surface area contributed by atoms with Crippen molar-refractivity contribution < 1.29 is 9.59 Å². The third-order valence-electron chi connectivity index (χ3n) is 4.05. The first-order valence-electron chi connectivity index (χ1n) is 6.35. The van der Waals surface area contributed by atoms with E-state index in [1.807, 2.05) is 25.1 Å². The van der Waals surface area contributed by atoms with Crippen LogP contribution in [0.5, 0.6) is 0 Å². The highest BCUT2D eigenvalue weighted by Crippen LogP contribution is 2.49. The first kappa shape index (κ1) is 12.7. The smallest absolute Gasteiger partial charge is 0.255 e. The zero-order valence-corrected chi connectivity index (χ0v) is 12.2. The second-order valence-corrected chi connectivity index (χ2v) is 6.30. The number of carbonyl (C=O) groups is 2. The molecule has 0 spiro atoms. The van der Waals surface area contributed by atoms with Gasteiger partial charge < -0.3 is 10.6 Å². The molecule has 4 nitrogen and oxygen atoms in total. The van der Waals surface area contributed by atoms with E-state index in [0.717, 1.165) is 16.5 Å². The van der Waals surface area contributed by atoms with Crippen LogP contribution in [0.4, 0.5) is 0 Å². The lowest BCUT2D eigenvalue weighted by molar-refractivity contribution is -0.122. The molecule has 1 aliphatic carbocycles. The van der Waals surface area contributed by atoms with Gasteiger partial charge in [0, 0.05) is 11.0 Å². The first-order valence-corrected chi connectivity index (χ1v) is 7.15. The molecular weight excluding hydrogens is 308 g/mol. The van der Waals surface area contributed by atoms with E-state index in [1.54, 1.807) is 4.90 Å². The molecule has 19 heavy (non-hydrogen) atoms. The van der Waals surface area contributed by atoms with Gasteiger partial charge in [0.25, 0.3) is 5.91 Å². The SMILES string of the molecule is Cc1ccc(Br)c(C(=O)N2C[C@H]3C[C@H]3[C@H]2C(N)=O)c1. The molecule has 2 amide bonds. The standard InChI is InChI=1S/C14H15BrN2O2/c1-7-2-3-11(15)10(4-7)14(19)17-6-8-5-9(8)12(17)13(16)18/h2-4,8-9,12H,5-6H2,1H3,(H2,16,18)/t8-,9-,12+/m1/s1. The molecule has 1 saturated heterocycles. The Bertz CT molecular complexity index is 573. The fraction of sp³-hybridized carbons (Fsp3) is 0.429. The Kier molecular flexibility index (Phi) is 2.89. The summed E-state index contributed by atoms with van der Waals surface area (Å²) in [6, 6.07) is 5.21. The maximum absolute atomic E-state index is 12.6. The molecule has 0 aromatic heterocycles. The predicted molar refractivity (Wildman–Crippen MR) is 74.5 cm³/mol. The Morgan fingerprint density at radius 3 is 2.84 bits per heavy atom. The molecule has 0 radical (unpaired) electrons. The summed E-state index contributed by atoms with van der Waals surface area (Å²) in [5.74, 6) is 0.253. The van der Waals surface area contributed by atoms with Crippen LogP contribution < -0.4 is 5.73 Å². The summed E-state index contributed by atoms with van der Waals surface area (Å²) in [6.07, 6.45) is 1.02. The topological polar surface area (TPSA) is 63.4 Å². The van der Waals surface area contributed by atoms with Crippen molar-refractivity contribution in [1.29, 1.82) is 0 Å². The molecule has 1 aliphatic heterocycles. The molecule has 2 N–H and O–H groups in total. The number of benzene rings is 1. The number of aryl methyl sites for hydroxylation is 1. The van der Waals surface area contributed by atoms with Crippen molar-refractivity contribution in [3.63, 3.8) is 0 Å². The van der Waals surface area contributed by atoms with Gasteiger partial charge in [0.1, 0.15) is 6.04 Å². The summed E-state index contributed by atoms with van der Waals surface area (Å²) in [6.45, 7) is 2.59. The van der Waals surface area contributed by atoms with Gasteiger partial charge >= 0.3 is 0 Å². The summed E-state index contributed by atoms with van der Waals surface area (Å²) in [7, 11) is 0. The molecule has 3 rings (SSSR count). The minimum atomic E-state index is -0.426. The van der Waals surface area contributed by atoms with Crippen molar-refractivity contribution in [3.05, 3.63) is 33.8 Å². The van der Waals surface area contributed by atoms with Crippen LogP contribution in [-0.2, 0) is 4.79 Å². The Labute approximate surface area is 120 Å². The minimum absolute atomic E-state index is 0.105. The Hall–Kier alpha value is -1.36. The second-order valence-electron chi connectivity index (χ2n) is 5.45. The lowest BCUT2D eigenvalue weighted by Gasteiger charge is -2.25. The van der Waals surface area contributed by atoms with Crippen molar-refractivity contribution in [3.8, 4) is 0 Å². The van der Waals surface area contributed by atoms with Crippen LogP contribution in [0.25, 0.3) is 0 Å². The number of fused-ring (bicyclic) bond motifs is 1. The highest BCUT2D eigenvalue weighted by Gasteiger charge is 2.56. The van der Waals surface area contributed by atoms with Crippen LogP contribution in [0.15, 0.2) is 22.7 Å². The summed E-state index contributed by atoms with van der Waals surface area (Å²) >= 11 is 3.40. The van der Waals surface area contributed by atoms with Crippen LogP contribution in [0.3, 0.4) is 0 Å². The number of carbonyl (C=O) groups excluding carboxylic acids is 2. The molecule has 5 heteroatoms. The highest BCUT2D eigenvalue weighted by atomic mass is 79.9. The van der Waals surface area contributed by atoms with Gasteiger partial charge in [0.15, 0.2) is 0 Å². The molecule has 1 heterocycles. The number of halogens is 1. The Morgan fingerprint density at radius 2 is 2.16 bits per heavy atom. The number of piperidine rings is 1. The third kappa shape index (κ3) is 2.06. The molecule has 0 unspecified atom stereocenters. The highest BCUT2D eigenvalue weighted by molar-refractivity contribution is 9.10. The van der Waals surface area contributed by atoms with Gasteiger partial charge in [-0.1, -0.05) is 11.6 Å². The number of hydrogen-bond acceptors (Lipinski definition) is 2. The summed E-state index contributed by atoms with van der Waals surface area (Å²) in [5, 5.41) is 0. The van der Waals surface area contributed by atoms with E-state index in [1.165, 1.54) is 0 Å². The van der Waals surface area contributed by atoms with Gasteiger partial charge in [-0.25, -0.2) is 0 Å². The third-order valence-corrected chi connectivity index (χ3v) is 4.75.